The fraction of sp³-hybridized carbons (Fsp3) is 0.562. The molecule has 1 aliphatic heterocycles. The second kappa shape index (κ2) is 6.36. The van der Waals surface area contributed by atoms with E-state index in [4.69, 9.17) is 5.73 Å². The third-order valence-electron chi connectivity index (χ3n) is 4.34. The zero-order valence-electron chi connectivity index (χ0n) is 12.1. The Morgan fingerprint density at radius 2 is 2.14 bits per heavy atom. The van der Waals surface area contributed by atoms with Crippen LogP contribution in [0.4, 0.5) is 5.69 Å². The van der Waals surface area contributed by atoms with Gasteiger partial charge in [0, 0.05) is 23.6 Å². The summed E-state index contributed by atoms with van der Waals surface area (Å²) >= 11 is 3.51. The van der Waals surface area contributed by atoms with Gasteiger partial charge in [-0.25, -0.2) is 0 Å². The summed E-state index contributed by atoms with van der Waals surface area (Å²) in [5, 5.41) is 3.54. The van der Waals surface area contributed by atoms with E-state index in [1.54, 1.807) is 0 Å². The van der Waals surface area contributed by atoms with E-state index in [1.165, 1.54) is 25.7 Å². The Morgan fingerprint density at radius 3 is 2.76 bits per heavy atom. The van der Waals surface area contributed by atoms with Crippen molar-refractivity contribution >= 4 is 27.5 Å². The normalized spacial score (nSPS) is 21.5. The number of hydrogen-bond donors (Lipinski definition) is 2. The Balaban J connectivity index is 1.86. The Labute approximate surface area is 134 Å². The molecule has 1 saturated carbocycles. The highest BCUT2D eigenvalue weighted by Crippen LogP contribution is 2.34. The molecule has 2 aliphatic rings. The average Bonchev–Trinajstić information content (AvgIpc) is 3.11. The smallest absolute Gasteiger partial charge is 0.250 e. The summed E-state index contributed by atoms with van der Waals surface area (Å²) in [4.78, 5) is 14.1. The van der Waals surface area contributed by atoms with Crippen LogP contribution in [-0.2, 0) is 0 Å². The predicted octanol–water partition coefficient (Wildman–Crippen LogP) is 2.52. The largest absolute Gasteiger partial charge is 0.369 e. The molecule has 4 nitrogen and oxygen atoms in total. The average molecular weight is 352 g/mol. The molecule has 1 saturated heterocycles. The van der Waals surface area contributed by atoms with E-state index in [2.05, 4.69) is 26.1 Å². The summed E-state index contributed by atoms with van der Waals surface area (Å²) < 4.78 is 0.989. The first-order valence-corrected chi connectivity index (χ1v) is 8.50. The maximum atomic E-state index is 11.7. The molecule has 3 rings (SSSR count). The monoisotopic (exact) mass is 351 g/mol. The number of anilines is 1. The number of amides is 1. The molecule has 0 bridgehead atoms. The maximum Gasteiger partial charge on any atom is 0.250 e. The number of rotatable bonds is 6. The summed E-state index contributed by atoms with van der Waals surface area (Å²) in [5.41, 5.74) is 7.15. The fourth-order valence-corrected chi connectivity index (χ4v) is 3.39. The molecule has 2 fully saturated rings. The topological polar surface area (TPSA) is 58.4 Å². The number of carbonyl (C=O) groups is 1. The molecule has 1 aromatic carbocycles. The SMILES string of the molecule is NC(=O)c1ccc(Br)cc1N(CC1CC1)CC1CCCN1. The van der Waals surface area contributed by atoms with Crippen LogP contribution in [0, 0.1) is 5.92 Å². The Hall–Kier alpha value is -1.07. The van der Waals surface area contributed by atoms with Gasteiger partial charge in [0.1, 0.15) is 0 Å². The van der Waals surface area contributed by atoms with Crippen molar-refractivity contribution in [2.75, 3.05) is 24.5 Å². The molecule has 21 heavy (non-hydrogen) atoms. The first-order valence-electron chi connectivity index (χ1n) is 7.71. The molecule has 114 valence electrons. The van der Waals surface area contributed by atoms with E-state index < -0.39 is 0 Å². The summed E-state index contributed by atoms with van der Waals surface area (Å²) in [6.07, 6.45) is 5.05. The Morgan fingerprint density at radius 1 is 1.33 bits per heavy atom. The molecule has 0 aromatic heterocycles. The van der Waals surface area contributed by atoms with Crippen LogP contribution >= 0.6 is 15.9 Å². The van der Waals surface area contributed by atoms with E-state index in [1.807, 2.05) is 18.2 Å². The van der Waals surface area contributed by atoms with Crippen molar-refractivity contribution in [3.05, 3.63) is 28.2 Å². The van der Waals surface area contributed by atoms with Gasteiger partial charge in [-0.2, -0.15) is 0 Å². The number of carbonyl (C=O) groups excluding carboxylic acids is 1. The first kappa shape index (κ1) is 14.9. The number of nitrogens with zero attached hydrogens (tertiary/aromatic N) is 1. The molecule has 1 unspecified atom stereocenters. The third-order valence-corrected chi connectivity index (χ3v) is 4.84. The van der Waals surface area contributed by atoms with Gasteiger partial charge in [-0.1, -0.05) is 15.9 Å². The molecule has 1 atom stereocenters. The standard InChI is InChI=1S/C16H22BrN3O/c17-12-5-6-14(16(18)21)15(8-12)20(9-11-3-4-11)10-13-2-1-7-19-13/h5-6,8,11,13,19H,1-4,7,9-10H2,(H2,18,21). The molecule has 5 heteroatoms. The van der Waals surface area contributed by atoms with Crippen molar-refractivity contribution in [2.24, 2.45) is 11.7 Å². The Bertz CT molecular complexity index is 524. The molecule has 1 aromatic rings. The lowest BCUT2D eigenvalue weighted by Gasteiger charge is -2.29. The number of hydrogen-bond acceptors (Lipinski definition) is 3. The van der Waals surface area contributed by atoms with Gasteiger partial charge in [-0.05, 0) is 56.3 Å². The number of primary amides is 1. The van der Waals surface area contributed by atoms with Gasteiger partial charge in [0.2, 0.25) is 0 Å². The van der Waals surface area contributed by atoms with Crippen LogP contribution in [0.5, 0.6) is 0 Å². The minimum atomic E-state index is -0.349. The first-order chi connectivity index (χ1) is 10.1. The Kier molecular flexibility index (Phi) is 4.50. The third kappa shape index (κ3) is 3.77. The quantitative estimate of drug-likeness (QED) is 0.827. The zero-order chi connectivity index (χ0) is 14.8. The van der Waals surface area contributed by atoms with Crippen LogP contribution in [0.25, 0.3) is 0 Å². The van der Waals surface area contributed by atoms with Crippen LogP contribution in [0.15, 0.2) is 22.7 Å². The summed E-state index contributed by atoms with van der Waals surface area (Å²) in [7, 11) is 0. The molecule has 1 aliphatic carbocycles. The summed E-state index contributed by atoms with van der Waals surface area (Å²) in [6.45, 7) is 3.07. The van der Waals surface area contributed by atoms with E-state index in [0.29, 0.717) is 11.6 Å². The lowest BCUT2D eigenvalue weighted by atomic mass is 10.1. The van der Waals surface area contributed by atoms with Gasteiger partial charge >= 0.3 is 0 Å². The number of nitrogens with one attached hydrogen (secondary N) is 1. The van der Waals surface area contributed by atoms with Crippen LogP contribution < -0.4 is 16.0 Å². The van der Waals surface area contributed by atoms with Crippen LogP contribution in [0.3, 0.4) is 0 Å². The minimum Gasteiger partial charge on any atom is -0.369 e. The van der Waals surface area contributed by atoms with Crippen LogP contribution in [-0.4, -0.2) is 31.6 Å². The van der Waals surface area contributed by atoms with E-state index in [9.17, 15) is 4.79 Å². The van der Waals surface area contributed by atoms with Crippen LogP contribution in [0.2, 0.25) is 0 Å². The molecule has 1 amide bonds. The van der Waals surface area contributed by atoms with Crippen molar-refractivity contribution < 1.29 is 4.79 Å². The van der Waals surface area contributed by atoms with Gasteiger partial charge < -0.3 is 16.0 Å². The van der Waals surface area contributed by atoms with Gasteiger partial charge in [0.25, 0.3) is 5.91 Å². The van der Waals surface area contributed by atoms with E-state index >= 15 is 0 Å². The highest BCUT2D eigenvalue weighted by molar-refractivity contribution is 9.10. The lowest BCUT2D eigenvalue weighted by Crippen LogP contribution is -2.39. The minimum absolute atomic E-state index is 0.349. The van der Waals surface area contributed by atoms with Crippen molar-refractivity contribution in [2.45, 2.75) is 31.7 Å². The molecular formula is C16H22BrN3O. The second-order valence-corrected chi connectivity index (χ2v) is 7.08. The van der Waals surface area contributed by atoms with E-state index in [0.717, 1.165) is 35.7 Å². The van der Waals surface area contributed by atoms with Crippen molar-refractivity contribution in [3.8, 4) is 0 Å². The number of halogens is 1. The van der Waals surface area contributed by atoms with Crippen molar-refractivity contribution in [1.82, 2.24) is 5.32 Å². The molecule has 0 spiro atoms. The number of nitrogens with two attached hydrogens (primary N) is 1. The lowest BCUT2D eigenvalue weighted by molar-refractivity contribution is 0.100. The summed E-state index contributed by atoms with van der Waals surface area (Å²) in [6, 6.07) is 6.25. The van der Waals surface area contributed by atoms with E-state index in [-0.39, 0.29) is 5.91 Å². The van der Waals surface area contributed by atoms with Crippen molar-refractivity contribution in [1.29, 1.82) is 0 Å². The summed E-state index contributed by atoms with van der Waals surface area (Å²) in [5.74, 6) is 0.420. The van der Waals surface area contributed by atoms with Gasteiger partial charge in [-0.15, -0.1) is 0 Å². The predicted molar refractivity (Wildman–Crippen MR) is 88.6 cm³/mol. The molecule has 0 radical (unpaired) electrons. The van der Waals surface area contributed by atoms with Crippen LogP contribution in [0.1, 0.15) is 36.0 Å². The molecular weight excluding hydrogens is 330 g/mol. The van der Waals surface area contributed by atoms with Gasteiger partial charge in [0.15, 0.2) is 0 Å². The molecule has 1 heterocycles. The van der Waals surface area contributed by atoms with Crippen molar-refractivity contribution in [3.63, 3.8) is 0 Å². The fourth-order valence-electron chi connectivity index (χ4n) is 3.04. The second-order valence-electron chi connectivity index (χ2n) is 6.17. The molecule has 3 N–H and O–H groups in total. The van der Waals surface area contributed by atoms with Gasteiger partial charge in [0.05, 0.1) is 11.3 Å². The number of benzene rings is 1. The maximum absolute atomic E-state index is 11.7. The highest BCUT2D eigenvalue weighted by atomic mass is 79.9. The zero-order valence-corrected chi connectivity index (χ0v) is 13.7. The van der Waals surface area contributed by atoms with Gasteiger partial charge in [-0.3, -0.25) is 4.79 Å². The highest BCUT2D eigenvalue weighted by Gasteiger charge is 2.28.